The quantitative estimate of drug-likeness (QED) is 0.591. The van der Waals surface area contributed by atoms with E-state index in [1.807, 2.05) is 30.9 Å². The Morgan fingerprint density at radius 1 is 1.35 bits per heavy atom. The van der Waals surface area contributed by atoms with Crippen LogP contribution in [0.1, 0.15) is 12.7 Å². The summed E-state index contributed by atoms with van der Waals surface area (Å²) in [4.78, 5) is 5.51. The molecule has 0 spiro atoms. The van der Waals surface area contributed by atoms with Gasteiger partial charge in [0.05, 0.1) is 12.1 Å². The maximum Gasteiger partial charge on any atom is 0.146 e. The Kier molecular flexibility index (Phi) is 3.40. The second-order valence-corrected chi connectivity index (χ2v) is 5.93. The molecule has 0 radical (unpaired) electrons. The van der Waals surface area contributed by atoms with Crippen molar-refractivity contribution in [3.8, 4) is 0 Å². The predicted octanol–water partition coefficient (Wildman–Crippen LogP) is 2.51. The Hall–Kier alpha value is -1.95. The average Bonchev–Trinajstić information content (AvgIpc) is 2.99. The van der Waals surface area contributed by atoms with E-state index in [1.54, 1.807) is 11.0 Å². The van der Waals surface area contributed by atoms with Crippen molar-refractivity contribution >= 4 is 28.4 Å². The van der Waals surface area contributed by atoms with Crippen LogP contribution < -0.4 is 5.73 Å². The standard InChI is InChI=1S/C14H17N5S/c1-3-20-13-7-10(15)6-12-11(13)4-5-19(12)8-14-16-9-17-18(14)2/h4-7,9H,3,8,15H2,1-2H3. The number of fused-ring (bicyclic) bond motifs is 1. The molecule has 0 aliphatic heterocycles. The van der Waals surface area contributed by atoms with E-state index in [2.05, 4.69) is 33.8 Å². The fourth-order valence-corrected chi connectivity index (χ4v) is 3.17. The summed E-state index contributed by atoms with van der Waals surface area (Å²) >= 11 is 1.82. The number of aryl methyl sites for hydroxylation is 1. The predicted molar refractivity (Wildman–Crippen MR) is 82.9 cm³/mol. The lowest BCUT2D eigenvalue weighted by atomic mass is 10.2. The van der Waals surface area contributed by atoms with Gasteiger partial charge in [0.2, 0.25) is 0 Å². The average molecular weight is 287 g/mol. The summed E-state index contributed by atoms with van der Waals surface area (Å²) in [7, 11) is 1.90. The molecule has 104 valence electrons. The van der Waals surface area contributed by atoms with Crippen LogP contribution in [-0.2, 0) is 13.6 Å². The molecular weight excluding hydrogens is 270 g/mol. The topological polar surface area (TPSA) is 61.7 Å². The first-order valence-corrected chi connectivity index (χ1v) is 7.51. The Balaban J connectivity index is 2.06. The molecule has 0 saturated heterocycles. The summed E-state index contributed by atoms with van der Waals surface area (Å²) in [6.45, 7) is 2.84. The maximum atomic E-state index is 6.03. The van der Waals surface area contributed by atoms with Gasteiger partial charge < -0.3 is 10.3 Å². The molecule has 0 amide bonds. The SMILES string of the molecule is CCSc1cc(N)cc2c1ccn2Cc1ncnn1C. The molecule has 0 aliphatic rings. The monoisotopic (exact) mass is 287 g/mol. The van der Waals surface area contributed by atoms with Crippen LogP contribution in [0.5, 0.6) is 0 Å². The molecule has 5 nitrogen and oxygen atoms in total. The first-order chi connectivity index (χ1) is 9.69. The molecule has 3 aromatic rings. The number of nitrogen functional groups attached to an aromatic ring is 1. The zero-order chi connectivity index (χ0) is 14.1. The third kappa shape index (κ3) is 2.27. The lowest BCUT2D eigenvalue weighted by molar-refractivity contribution is 0.664. The van der Waals surface area contributed by atoms with Gasteiger partial charge in [0, 0.05) is 29.2 Å². The minimum Gasteiger partial charge on any atom is -0.399 e. The molecule has 0 unspecified atom stereocenters. The van der Waals surface area contributed by atoms with E-state index in [1.165, 1.54) is 10.3 Å². The molecular formula is C14H17N5S. The van der Waals surface area contributed by atoms with E-state index in [4.69, 9.17) is 5.73 Å². The van der Waals surface area contributed by atoms with E-state index in [-0.39, 0.29) is 0 Å². The first-order valence-electron chi connectivity index (χ1n) is 6.53. The van der Waals surface area contributed by atoms with Crippen LogP contribution in [-0.4, -0.2) is 25.1 Å². The van der Waals surface area contributed by atoms with Gasteiger partial charge in [-0.2, -0.15) is 5.10 Å². The minimum absolute atomic E-state index is 0.694. The Bertz CT molecular complexity index is 743. The highest BCUT2D eigenvalue weighted by atomic mass is 32.2. The normalized spacial score (nSPS) is 11.3. The Morgan fingerprint density at radius 2 is 2.20 bits per heavy atom. The number of nitrogens with two attached hydrogens (primary N) is 1. The number of anilines is 1. The van der Waals surface area contributed by atoms with Crippen molar-refractivity contribution in [2.45, 2.75) is 18.4 Å². The van der Waals surface area contributed by atoms with E-state index < -0.39 is 0 Å². The molecule has 0 saturated carbocycles. The molecule has 0 atom stereocenters. The van der Waals surface area contributed by atoms with Gasteiger partial charge in [0.15, 0.2) is 0 Å². The van der Waals surface area contributed by atoms with Crippen LogP contribution in [0.4, 0.5) is 5.69 Å². The van der Waals surface area contributed by atoms with E-state index in [9.17, 15) is 0 Å². The summed E-state index contributed by atoms with van der Waals surface area (Å²) in [6, 6.07) is 6.21. The van der Waals surface area contributed by atoms with Crippen molar-refractivity contribution in [2.75, 3.05) is 11.5 Å². The number of thioether (sulfide) groups is 1. The number of nitrogens with zero attached hydrogens (tertiary/aromatic N) is 4. The van der Waals surface area contributed by atoms with Crippen molar-refractivity contribution in [3.63, 3.8) is 0 Å². The number of aromatic nitrogens is 4. The van der Waals surface area contributed by atoms with Crippen LogP contribution in [0, 0.1) is 0 Å². The van der Waals surface area contributed by atoms with Gasteiger partial charge >= 0.3 is 0 Å². The highest BCUT2D eigenvalue weighted by molar-refractivity contribution is 7.99. The van der Waals surface area contributed by atoms with Gasteiger partial charge in [0.25, 0.3) is 0 Å². The summed E-state index contributed by atoms with van der Waals surface area (Å²) < 4.78 is 3.95. The zero-order valence-electron chi connectivity index (χ0n) is 11.6. The van der Waals surface area contributed by atoms with Gasteiger partial charge in [-0.05, 0) is 24.0 Å². The molecule has 2 aromatic heterocycles. The summed E-state index contributed by atoms with van der Waals surface area (Å²) in [5, 5.41) is 5.35. The molecule has 20 heavy (non-hydrogen) atoms. The first kappa shape index (κ1) is 13.1. The van der Waals surface area contributed by atoms with Gasteiger partial charge in [-0.1, -0.05) is 6.92 Å². The van der Waals surface area contributed by atoms with E-state index >= 15 is 0 Å². The highest BCUT2D eigenvalue weighted by Crippen LogP contribution is 2.31. The fraction of sp³-hybridized carbons (Fsp3) is 0.286. The van der Waals surface area contributed by atoms with Crippen LogP contribution in [0.3, 0.4) is 0 Å². The van der Waals surface area contributed by atoms with Gasteiger partial charge in [0.1, 0.15) is 12.2 Å². The second kappa shape index (κ2) is 5.20. The number of rotatable bonds is 4. The molecule has 3 rings (SSSR count). The highest BCUT2D eigenvalue weighted by Gasteiger charge is 2.09. The zero-order valence-corrected chi connectivity index (χ0v) is 12.4. The summed E-state index contributed by atoms with van der Waals surface area (Å²) in [5.74, 6) is 1.96. The van der Waals surface area contributed by atoms with Crippen molar-refractivity contribution in [3.05, 3.63) is 36.5 Å². The molecule has 2 heterocycles. The Labute approximate surface area is 121 Å². The molecule has 0 aliphatic carbocycles. The molecule has 2 N–H and O–H groups in total. The minimum atomic E-state index is 0.694. The number of hydrogen-bond donors (Lipinski definition) is 1. The van der Waals surface area contributed by atoms with Gasteiger partial charge in [-0.25, -0.2) is 4.98 Å². The molecule has 0 fully saturated rings. The van der Waals surface area contributed by atoms with Crippen molar-refractivity contribution in [2.24, 2.45) is 7.05 Å². The van der Waals surface area contributed by atoms with E-state index in [0.717, 1.165) is 22.8 Å². The number of benzene rings is 1. The van der Waals surface area contributed by atoms with E-state index in [0.29, 0.717) is 6.54 Å². The smallest absolute Gasteiger partial charge is 0.146 e. The van der Waals surface area contributed by atoms with Crippen LogP contribution in [0.25, 0.3) is 10.9 Å². The molecule has 6 heteroatoms. The summed E-state index contributed by atoms with van der Waals surface area (Å²) in [6.07, 6.45) is 3.66. The summed E-state index contributed by atoms with van der Waals surface area (Å²) in [5.41, 5.74) is 7.97. The van der Waals surface area contributed by atoms with Gasteiger partial charge in [-0.15, -0.1) is 11.8 Å². The lowest BCUT2D eigenvalue weighted by Gasteiger charge is -2.08. The van der Waals surface area contributed by atoms with Crippen LogP contribution >= 0.6 is 11.8 Å². The third-order valence-electron chi connectivity index (χ3n) is 3.29. The van der Waals surface area contributed by atoms with Crippen molar-refractivity contribution < 1.29 is 0 Å². The fourth-order valence-electron chi connectivity index (χ4n) is 2.31. The molecule has 0 bridgehead atoms. The third-order valence-corrected chi connectivity index (χ3v) is 4.23. The largest absolute Gasteiger partial charge is 0.399 e. The Morgan fingerprint density at radius 3 is 2.90 bits per heavy atom. The van der Waals surface area contributed by atoms with Crippen molar-refractivity contribution in [1.82, 2.24) is 19.3 Å². The number of hydrogen-bond acceptors (Lipinski definition) is 4. The van der Waals surface area contributed by atoms with Crippen molar-refractivity contribution in [1.29, 1.82) is 0 Å². The second-order valence-electron chi connectivity index (χ2n) is 4.63. The lowest BCUT2D eigenvalue weighted by Crippen LogP contribution is -2.06. The van der Waals surface area contributed by atoms with Crippen LogP contribution in [0.15, 0.2) is 35.6 Å². The van der Waals surface area contributed by atoms with Crippen LogP contribution in [0.2, 0.25) is 0 Å². The molecule has 1 aromatic carbocycles. The maximum absolute atomic E-state index is 6.03. The van der Waals surface area contributed by atoms with Gasteiger partial charge in [-0.3, -0.25) is 4.68 Å².